The number of H-pyrrole nitrogens is 1. The first kappa shape index (κ1) is 17.0. The number of anilines is 1. The third-order valence-electron chi connectivity index (χ3n) is 4.59. The normalized spacial score (nSPS) is 13.5. The lowest BCUT2D eigenvalue weighted by molar-refractivity contribution is 0.0636. The maximum atomic E-state index is 12.6. The Kier molecular flexibility index (Phi) is 4.03. The predicted octanol–water partition coefficient (Wildman–Crippen LogP) is 3.67. The van der Waals surface area contributed by atoms with Crippen molar-refractivity contribution < 1.29 is 14.4 Å². The number of hydrogen-bond donors (Lipinski definition) is 2. The highest BCUT2D eigenvalue weighted by molar-refractivity contribution is 6.22. The molecule has 2 aromatic carbocycles. The standard InChI is InChI=1S/C21H19N3O3/c1-12(2)11-24-20(26)16-5-3-14(10-17(16)21(24)27)19(25)23-15-4-6-18-13(9-15)7-8-22-18/h3-10,12,22H,11H2,1-2H3,(H,23,25). The lowest BCUT2D eigenvalue weighted by atomic mass is 10.1. The van der Waals surface area contributed by atoms with Gasteiger partial charge in [0.25, 0.3) is 17.7 Å². The minimum atomic E-state index is -0.341. The van der Waals surface area contributed by atoms with Crippen molar-refractivity contribution in [2.75, 3.05) is 11.9 Å². The third-order valence-corrected chi connectivity index (χ3v) is 4.59. The summed E-state index contributed by atoms with van der Waals surface area (Å²) in [5.41, 5.74) is 2.63. The Balaban J connectivity index is 1.59. The van der Waals surface area contributed by atoms with E-state index in [1.807, 2.05) is 44.3 Å². The van der Waals surface area contributed by atoms with Crippen molar-refractivity contribution in [3.63, 3.8) is 0 Å². The predicted molar refractivity (Wildman–Crippen MR) is 103 cm³/mol. The van der Waals surface area contributed by atoms with E-state index >= 15 is 0 Å². The van der Waals surface area contributed by atoms with Gasteiger partial charge >= 0.3 is 0 Å². The number of nitrogens with zero attached hydrogens (tertiary/aromatic N) is 1. The van der Waals surface area contributed by atoms with Crippen LogP contribution in [0.1, 0.15) is 44.9 Å². The fraction of sp³-hybridized carbons (Fsp3) is 0.190. The van der Waals surface area contributed by atoms with Gasteiger partial charge in [-0.15, -0.1) is 0 Å². The summed E-state index contributed by atoms with van der Waals surface area (Å²) in [4.78, 5) is 41.9. The highest BCUT2D eigenvalue weighted by Gasteiger charge is 2.36. The van der Waals surface area contributed by atoms with E-state index in [0.29, 0.717) is 23.4 Å². The lowest BCUT2D eigenvalue weighted by Gasteiger charge is -2.15. The van der Waals surface area contributed by atoms with E-state index in [4.69, 9.17) is 0 Å². The maximum absolute atomic E-state index is 12.6. The van der Waals surface area contributed by atoms with Crippen molar-refractivity contribution >= 4 is 34.3 Å². The van der Waals surface area contributed by atoms with Crippen molar-refractivity contribution in [3.8, 4) is 0 Å². The van der Waals surface area contributed by atoms with E-state index in [0.717, 1.165) is 10.9 Å². The lowest BCUT2D eigenvalue weighted by Crippen LogP contribution is -2.33. The average molecular weight is 361 g/mol. The van der Waals surface area contributed by atoms with E-state index in [1.165, 1.54) is 11.0 Å². The molecule has 0 fully saturated rings. The molecular formula is C21H19N3O3. The average Bonchev–Trinajstić information content (AvgIpc) is 3.19. The van der Waals surface area contributed by atoms with Gasteiger partial charge in [-0.25, -0.2) is 0 Å². The second kappa shape index (κ2) is 6.39. The summed E-state index contributed by atoms with van der Waals surface area (Å²) in [6, 6.07) is 12.1. The first-order valence-electron chi connectivity index (χ1n) is 8.83. The van der Waals surface area contributed by atoms with Crippen LogP contribution in [0.2, 0.25) is 0 Å². The zero-order chi connectivity index (χ0) is 19.1. The maximum Gasteiger partial charge on any atom is 0.261 e. The molecule has 0 saturated heterocycles. The van der Waals surface area contributed by atoms with Crippen LogP contribution in [-0.2, 0) is 0 Å². The van der Waals surface area contributed by atoms with Crippen LogP contribution in [0.3, 0.4) is 0 Å². The van der Waals surface area contributed by atoms with Crippen LogP contribution in [0, 0.1) is 5.92 Å². The summed E-state index contributed by atoms with van der Waals surface area (Å²) in [7, 11) is 0. The molecule has 2 heterocycles. The number of amides is 3. The molecule has 2 N–H and O–H groups in total. The second-order valence-corrected chi connectivity index (χ2v) is 7.11. The molecular weight excluding hydrogens is 342 g/mol. The molecule has 27 heavy (non-hydrogen) atoms. The topological polar surface area (TPSA) is 82.3 Å². The molecule has 3 aromatic rings. The molecule has 1 aliphatic rings. The van der Waals surface area contributed by atoms with Crippen LogP contribution in [0.25, 0.3) is 10.9 Å². The third kappa shape index (κ3) is 2.99. The molecule has 0 aliphatic carbocycles. The number of rotatable bonds is 4. The van der Waals surface area contributed by atoms with Gasteiger partial charge in [0.05, 0.1) is 11.1 Å². The number of hydrogen-bond acceptors (Lipinski definition) is 3. The smallest absolute Gasteiger partial charge is 0.261 e. The minimum Gasteiger partial charge on any atom is -0.361 e. The van der Waals surface area contributed by atoms with E-state index < -0.39 is 0 Å². The minimum absolute atomic E-state index is 0.179. The number of aromatic amines is 1. The fourth-order valence-corrected chi connectivity index (χ4v) is 3.30. The quantitative estimate of drug-likeness (QED) is 0.696. The highest BCUT2D eigenvalue weighted by atomic mass is 16.2. The van der Waals surface area contributed by atoms with Crippen molar-refractivity contribution in [2.45, 2.75) is 13.8 Å². The zero-order valence-electron chi connectivity index (χ0n) is 15.1. The van der Waals surface area contributed by atoms with Gasteiger partial charge in [-0.05, 0) is 48.4 Å². The summed E-state index contributed by atoms with van der Waals surface area (Å²) in [5, 5.41) is 3.83. The number of benzene rings is 2. The van der Waals surface area contributed by atoms with Crippen molar-refractivity contribution in [1.82, 2.24) is 9.88 Å². The number of imide groups is 1. The number of carbonyl (C=O) groups excluding carboxylic acids is 3. The second-order valence-electron chi connectivity index (χ2n) is 7.11. The molecule has 6 heteroatoms. The largest absolute Gasteiger partial charge is 0.361 e. The van der Waals surface area contributed by atoms with Crippen LogP contribution in [0.15, 0.2) is 48.7 Å². The van der Waals surface area contributed by atoms with Crippen LogP contribution in [-0.4, -0.2) is 34.2 Å². The van der Waals surface area contributed by atoms with Gasteiger partial charge < -0.3 is 10.3 Å². The summed E-state index contributed by atoms with van der Waals surface area (Å²) in [5.74, 6) is -0.783. The molecule has 0 saturated carbocycles. The van der Waals surface area contributed by atoms with Gasteiger partial charge in [0, 0.05) is 34.9 Å². The van der Waals surface area contributed by atoms with Crippen molar-refractivity contribution in [3.05, 3.63) is 65.4 Å². The van der Waals surface area contributed by atoms with E-state index in [-0.39, 0.29) is 29.2 Å². The van der Waals surface area contributed by atoms with Gasteiger partial charge in [-0.3, -0.25) is 19.3 Å². The highest BCUT2D eigenvalue weighted by Crippen LogP contribution is 2.25. The summed E-state index contributed by atoms with van der Waals surface area (Å²) in [6.45, 7) is 4.26. The Labute approximate surface area is 156 Å². The molecule has 1 aromatic heterocycles. The Bertz CT molecular complexity index is 1080. The number of fused-ring (bicyclic) bond motifs is 2. The molecule has 0 bridgehead atoms. The molecule has 0 atom stereocenters. The Morgan fingerprint density at radius 2 is 1.81 bits per heavy atom. The van der Waals surface area contributed by atoms with Crippen molar-refractivity contribution in [1.29, 1.82) is 0 Å². The summed E-state index contributed by atoms with van der Waals surface area (Å²) < 4.78 is 0. The fourth-order valence-electron chi connectivity index (χ4n) is 3.30. The first-order chi connectivity index (χ1) is 12.9. The van der Waals surface area contributed by atoms with Gasteiger partial charge in [0.2, 0.25) is 0 Å². The molecule has 4 rings (SSSR count). The molecule has 0 radical (unpaired) electrons. The van der Waals surface area contributed by atoms with Crippen LogP contribution < -0.4 is 5.32 Å². The van der Waals surface area contributed by atoms with Crippen LogP contribution in [0.5, 0.6) is 0 Å². The molecule has 3 amide bonds. The SMILES string of the molecule is CC(C)CN1C(=O)c2ccc(C(=O)Nc3ccc4[nH]ccc4c3)cc2C1=O. The van der Waals surface area contributed by atoms with Gasteiger partial charge in [0.1, 0.15) is 0 Å². The van der Waals surface area contributed by atoms with E-state index in [2.05, 4.69) is 10.3 Å². The monoisotopic (exact) mass is 361 g/mol. The summed E-state index contributed by atoms with van der Waals surface area (Å²) >= 11 is 0. The van der Waals surface area contributed by atoms with Crippen LogP contribution in [0.4, 0.5) is 5.69 Å². The number of carbonyl (C=O) groups is 3. The van der Waals surface area contributed by atoms with Gasteiger partial charge in [-0.1, -0.05) is 13.8 Å². The molecule has 6 nitrogen and oxygen atoms in total. The van der Waals surface area contributed by atoms with Crippen molar-refractivity contribution in [2.24, 2.45) is 5.92 Å². The Hall–Kier alpha value is -3.41. The van der Waals surface area contributed by atoms with Gasteiger partial charge in [-0.2, -0.15) is 0 Å². The van der Waals surface area contributed by atoms with E-state index in [1.54, 1.807) is 12.1 Å². The van der Waals surface area contributed by atoms with Crippen LogP contribution >= 0.6 is 0 Å². The Morgan fingerprint density at radius 1 is 1.04 bits per heavy atom. The number of nitrogens with one attached hydrogen (secondary N) is 2. The molecule has 1 aliphatic heterocycles. The van der Waals surface area contributed by atoms with Gasteiger partial charge in [0.15, 0.2) is 0 Å². The number of aromatic nitrogens is 1. The molecule has 0 unspecified atom stereocenters. The van der Waals surface area contributed by atoms with E-state index in [9.17, 15) is 14.4 Å². The summed E-state index contributed by atoms with van der Waals surface area (Å²) in [6.07, 6.45) is 1.84. The zero-order valence-corrected chi connectivity index (χ0v) is 15.1. The first-order valence-corrected chi connectivity index (χ1v) is 8.83. The molecule has 0 spiro atoms. The molecule has 136 valence electrons. The Morgan fingerprint density at radius 3 is 2.59 bits per heavy atom.